The Hall–Kier alpha value is -1.83. The van der Waals surface area contributed by atoms with Crippen molar-refractivity contribution in [3.63, 3.8) is 0 Å². The van der Waals surface area contributed by atoms with Gasteiger partial charge in [0.25, 0.3) is 0 Å². The van der Waals surface area contributed by atoms with Gasteiger partial charge in [-0.2, -0.15) is 0 Å². The van der Waals surface area contributed by atoms with Gasteiger partial charge in [0.2, 0.25) is 11.8 Å². The Labute approximate surface area is 142 Å². The van der Waals surface area contributed by atoms with Gasteiger partial charge in [-0.05, 0) is 19.8 Å². The highest BCUT2D eigenvalue weighted by atomic mass is 16.6. The topological polar surface area (TPSA) is 88.2 Å². The molecular weight excluding hydrogens is 314 g/mol. The number of likely N-dealkylation sites (tertiary alicyclic amines) is 2. The zero-order chi connectivity index (χ0) is 17.5. The van der Waals surface area contributed by atoms with Crippen LogP contribution in [-0.2, 0) is 19.1 Å². The second-order valence-corrected chi connectivity index (χ2v) is 6.20. The summed E-state index contributed by atoms with van der Waals surface area (Å²) in [5, 5.41) is 3.02. The molecule has 24 heavy (non-hydrogen) atoms. The normalized spacial score (nSPS) is 21.9. The standard InChI is InChI=1S/C16H27N3O5/c1-3-24-16(22)18-6-4-13(5-7-18)17-15(21)12-10-14(20)19(11-12)8-9-23-2/h12-13H,3-11H2,1-2H3,(H,17,21). The Morgan fingerprint density at radius 2 is 2.00 bits per heavy atom. The van der Waals surface area contributed by atoms with E-state index in [9.17, 15) is 14.4 Å². The molecule has 1 unspecified atom stereocenters. The van der Waals surface area contributed by atoms with E-state index in [-0.39, 0.29) is 36.3 Å². The van der Waals surface area contributed by atoms with Gasteiger partial charge in [-0.25, -0.2) is 4.79 Å². The van der Waals surface area contributed by atoms with Gasteiger partial charge >= 0.3 is 6.09 Å². The average molecular weight is 341 g/mol. The fraction of sp³-hybridized carbons (Fsp3) is 0.812. The van der Waals surface area contributed by atoms with Gasteiger partial charge in [-0.3, -0.25) is 9.59 Å². The molecule has 1 atom stereocenters. The molecule has 0 aliphatic carbocycles. The minimum Gasteiger partial charge on any atom is -0.450 e. The third-order valence-corrected chi connectivity index (χ3v) is 4.52. The van der Waals surface area contributed by atoms with Crippen molar-refractivity contribution >= 4 is 17.9 Å². The molecule has 1 N–H and O–H groups in total. The van der Waals surface area contributed by atoms with Crippen LogP contribution in [0.25, 0.3) is 0 Å². The number of amides is 3. The Bertz CT molecular complexity index is 463. The minimum atomic E-state index is -0.294. The number of carbonyl (C=O) groups is 3. The molecule has 8 heteroatoms. The summed E-state index contributed by atoms with van der Waals surface area (Å²) in [7, 11) is 1.59. The minimum absolute atomic E-state index is 0.00401. The molecule has 0 aromatic heterocycles. The smallest absolute Gasteiger partial charge is 0.409 e. The lowest BCUT2D eigenvalue weighted by Crippen LogP contribution is -2.48. The first-order chi connectivity index (χ1) is 11.5. The maximum absolute atomic E-state index is 12.4. The molecule has 0 spiro atoms. The molecule has 2 aliphatic heterocycles. The second kappa shape index (κ2) is 8.86. The van der Waals surface area contributed by atoms with Crippen LogP contribution in [0, 0.1) is 5.92 Å². The molecule has 2 fully saturated rings. The molecule has 0 radical (unpaired) electrons. The van der Waals surface area contributed by atoms with E-state index in [1.807, 2.05) is 0 Å². The molecule has 0 aromatic rings. The summed E-state index contributed by atoms with van der Waals surface area (Å²) in [6, 6.07) is 0.0475. The monoisotopic (exact) mass is 341 g/mol. The van der Waals surface area contributed by atoms with Gasteiger partial charge in [0.15, 0.2) is 0 Å². The molecule has 0 saturated carbocycles. The van der Waals surface area contributed by atoms with E-state index in [2.05, 4.69) is 5.32 Å². The molecule has 3 amide bonds. The van der Waals surface area contributed by atoms with Gasteiger partial charge < -0.3 is 24.6 Å². The van der Waals surface area contributed by atoms with Gasteiger partial charge in [-0.1, -0.05) is 0 Å². The van der Waals surface area contributed by atoms with E-state index in [4.69, 9.17) is 9.47 Å². The van der Waals surface area contributed by atoms with Crippen molar-refractivity contribution in [1.82, 2.24) is 15.1 Å². The predicted octanol–water partition coefficient (Wildman–Crippen LogP) is 0.218. The fourth-order valence-electron chi connectivity index (χ4n) is 3.11. The van der Waals surface area contributed by atoms with Crippen LogP contribution in [-0.4, -0.2) is 80.3 Å². The quantitative estimate of drug-likeness (QED) is 0.747. The van der Waals surface area contributed by atoms with Crippen LogP contribution in [0.15, 0.2) is 0 Å². The highest BCUT2D eigenvalue weighted by Gasteiger charge is 2.35. The zero-order valence-corrected chi connectivity index (χ0v) is 14.5. The number of hydrogen-bond acceptors (Lipinski definition) is 5. The molecular formula is C16H27N3O5. The Morgan fingerprint density at radius 1 is 1.29 bits per heavy atom. The molecule has 0 bridgehead atoms. The van der Waals surface area contributed by atoms with Crippen LogP contribution >= 0.6 is 0 Å². The Balaban J connectivity index is 1.74. The van der Waals surface area contributed by atoms with Crippen molar-refractivity contribution in [1.29, 1.82) is 0 Å². The third kappa shape index (κ3) is 4.83. The summed E-state index contributed by atoms with van der Waals surface area (Å²) < 4.78 is 9.96. The van der Waals surface area contributed by atoms with Crippen LogP contribution in [0.5, 0.6) is 0 Å². The van der Waals surface area contributed by atoms with Crippen LogP contribution in [0.1, 0.15) is 26.2 Å². The number of methoxy groups -OCH3 is 1. The van der Waals surface area contributed by atoms with E-state index in [1.165, 1.54) is 0 Å². The number of ether oxygens (including phenoxy) is 2. The lowest BCUT2D eigenvalue weighted by atomic mass is 10.0. The number of nitrogens with zero attached hydrogens (tertiary/aromatic N) is 2. The molecule has 2 rings (SSSR count). The predicted molar refractivity (Wildman–Crippen MR) is 86.3 cm³/mol. The van der Waals surface area contributed by atoms with E-state index in [0.29, 0.717) is 52.2 Å². The van der Waals surface area contributed by atoms with E-state index in [0.717, 1.165) is 0 Å². The molecule has 2 heterocycles. The SMILES string of the molecule is CCOC(=O)N1CCC(NC(=O)C2CC(=O)N(CCOC)C2)CC1. The lowest BCUT2D eigenvalue weighted by molar-refractivity contribution is -0.129. The number of piperidine rings is 1. The van der Waals surface area contributed by atoms with Crippen molar-refractivity contribution in [2.45, 2.75) is 32.2 Å². The summed E-state index contributed by atoms with van der Waals surface area (Å²) in [5.74, 6) is -0.361. The zero-order valence-electron chi connectivity index (χ0n) is 14.5. The molecule has 0 aromatic carbocycles. The summed E-state index contributed by atoms with van der Waals surface area (Å²) in [6.07, 6.45) is 1.38. The van der Waals surface area contributed by atoms with Crippen LogP contribution in [0.4, 0.5) is 4.79 Å². The summed E-state index contributed by atoms with van der Waals surface area (Å²) in [4.78, 5) is 39.3. The third-order valence-electron chi connectivity index (χ3n) is 4.52. The highest BCUT2D eigenvalue weighted by molar-refractivity contribution is 5.89. The van der Waals surface area contributed by atoms with Gasteiger partial charge in [0.1, 0.15) is 0 Å². The molecule has 136 valence electrons. The number of carbonyl (C=O) groups excluding carboxylic acids is 3. The van der Waals surface area contributed by atoms with Crippen molar-refractivity contribution in [3.05, 3.63) is 0 Å². The van der Waals surface area contributed by atoms with Crippen LogP contribution in [0.2, 0.25) is 0 Å². The van der Waals surface area contributed by atoms with Gasteiger partial charge in [0, 0.05) is 45.8 Å². The first-order valence-corrected chi connectivity index (χ1v) is 8.54. The lowest BCUT2D eigenvalue weighted by Gasteiger charge is -2.32. The van der Waals surface area contributed by atoms with E-state index in [1.54, 1.807) is 23.8 Å². The van der Waals surface area contributed by atoms with E-state index >= 15 is 0 Å². The fourth-order valence-corrected chi connectivity index (χ4v) is 3.11. The highest BCUT2D eigenvalue weighted by Crippen LogP contribution is 2.19. The Kier molecular flexibility index (Phi) is 6.84. The van der Waals surface area contributed by atoms with Gasteiger partial charge in [-0.15, -0.1) is 0 Å². The van der Waals surface area contributed by atoms with Crippen molar-refractivity contribution in [2.75, 3.05) is 46.5 Å². The van der Waals surface area contributed by atoms with Crippen LogP contribution < -0.4 is 5.32 Å². The summed E-state index contributed by atoms with van der Waals surface area (Å²) >= 11 is 0. The summed E-state index contributed by atoms with van der Waals surface area (Å²) in [5.41, 5.74) is 0. The largest absolute Gasteiger partial charge is 0.450 e. The van der Waals surface area contributed by atoms with E-state index < -0.39 is 0 Å². The second-order valence-electron chi connectivity index (χ2n) is 6.20. The first-order valence-electron chi connectivity index (χ1n) is 8.54. The molecule has 2 saturated heterocycles. The summed E-state index contributed by atoms with van der Waals surface area (Å²) in [6.45, 7) is 4.76. The van der Waals surface area contributed by atoms with Crippen molar-refractivity contribution in [2.24, 2.45) is 5.92 Å². The maximum atomic E-state index is 12.4. The maximum Gasteiger partial charge on any atom is 0.409 e. The van der Waals surface area contributed by atoms with Gasteiger partial charge in [0.05, 0.1) is 19.1 Å². The van der Waals surface area contributed by atoms with Crippen molar-refractivity contribution < 1.29 is 23.9 Å². The number of rotatable bonds is 6. The molecule has 8 nitrogen and oxygen atoms in total. The van der Waals surface area contributed by atoms with Crippen molar-refractivity contribution in [3.8, 4) is 0 Å². The number of nitrogens with one attached hydrogen (secondary N) is 1. The Morgan fingerprint density at radius 3 is 2.62 bits per heavy atom. The number of hydrogen-bond donors (Lipinski definition) is 1. The molecule has 2 aliphatic rings. The first kappa shape index (κ1) is 18.5. The van der Waals surface area contributed by atoms with Crippen LogP contribution in [0.3, 0.4) is 0 Å². The average Bonchev–Trinajstić information content (AvgIpc) is 2.95.